The van der Waals surface area contributed by atoms with Gasteiger partial charge in [-0.1, -0.05) is 17.9 Å². The number of fused-ring (bicyclic) bond motifs is 1. The lowest BCUT2D eigenvalue weighted by molar-refractivity contribution is -0.139. The molecule has 0 saturated carbocycles. The van der Waals surface area contributed by atoms with Gasteiger partial charge >= 0.3 is 11.7 Å². The second kappa shape index (κ2) is 8.40. The van der Waals surface area contributed by atoms with E-state index in [0.29, 0.717) is 29.7 Å². The van der Waals surface area contributed by atoms with E-state index in [2.05, 4.69) is 17.2 Å². The highest BCUT2D eigenvalue weighted by atomic mass is 16.4. The highest BCUT2D eigenvalue weighted by Gasteiger charge is 2.31. The molecule has 1 aromatic heterocycles. The van der Waals surface area contributed by atoms with Gasteiger partial charge in [-0.05, 0) is 44.5 Å². The van der Waals surface area contributed by atoms with E-state index >= 15 is 0 Å². The molecule has 2 N–H and O–H groups in total. The maximum atomic E-state index is 13.0. The second-order valence-corrected chi connectivity index (χ2v) is 8.07. The van der Waals surface area contributed by atoms with Crippen LogP contribution in [-0.4, -0.2) is 56.6 Å². The Morgan fingerprint density at radius 3 is 2.61 bits per heavy atom. The Balaban J connectivity index is 1.62. The molecule has 9 heteroatoms. The number of carboxylic acid groups (broad SMARTS) is 1. The molecule has 162 valence electrons. The van der Waals surface area contributed by atoms with Crippen molar-refractivity contribution in [1.82, 2.24) is 19.4 Å². The Kier molecular flexibility index (Phi) is 5.65. The van der Waals surface area contributed by atoms with Crippen LogP contribution in [0, 0.1) is 17.8 Å². The number of nitrogens with one attached hydrogen (secondary N) is 1. The number of para-hydroxylation sites is 1. The Morgan fingerprint density at radius 2 is 1.94 bits per heavy atom. The number of amides is 2. The predicted octanol–water partition coefficient (Wildman–Crippen LogP) is 0.466. The Labute approximate surface area is 178 Å². The van der Waals surface area contributed by atoms with Crippen LogP contribution in [0.1, 0.15) is 37.3 Å². The topological polar surface area (TPSA) is 114 Å². The number of imidazole rings is 1. The summed E-state index contributed by atoms with van der Waals surface area (Å²) in [5.41, 5.74) is 1.66. The number of rotatable bonds is 3. The molecule has 0 aliphatic carbocycles. The zero-order valence-corrected chi connectivity index (χ0v) is 17.3. The van der Waals surface area contributed by atoms with Gasteiger partial charge in [0.05, 0.1) is 23.1 Å². The van der Waals surface area contributed by atoms with Gasteiger partial charge in [-0.15, -0.1) is 0 Å². The van der Waals surface area contributed by atoms with Crippen LogP contribution in [0.3, 0.4) is 0 Å². The van der Waals surface area contributed by atoms with Crippen molar-refractivity contribution in [2.45, 2.75) is 31.7 Å². The van der Waals surface area contributed by atoms with Gasteiger partial charge in [0.15, 0.2) is 0 Å². The van der Waals surface area contributed by atoms with E-state index < -0.39 is 17.9 Å². The molecule has 1 aromatic carbocycles. The first-order chi connectivity index (χ1) is 14.8. The smallest absolute Gasteiger partial charge is 0.329 e. The molecule has 2 aromatic rings. The number of carbonyl (C=O) groups excluding carboxylic acids is 2. The molecular weight excluding hydrogens is 400 g/mol. The van der Waals surface area contributed by atoms with E-state index in [9.17, 15) is 19.2 Å². The average Bonchev–Trinajstić information content (AvgIpc) is 2.98. The first kappa shape index (κ1) is 20.9. The molecule has 0 bridgehead atoms. The third-order valence-corrected chi connectivity index (χ3v) is 5.98. The monoisotopic (exact) mass is 424 g/mol. The summed E-state index contributed by atoms with van der Waals surface area (Å²) in [6.07, 6.45) is 2.08. The maximum Gasteiger partial charge on any atom is 0.329 e. The summed E-state index contributed by atoms with van der Waals surface area (Å²) in [5, 5.41) is 11.2. The second-order valence-electron chi connectivity index (χ2n) is 8.07. The summed E-state index contributed by atoms with van der Waals surface area (Å²) < 4.78 is 2.95. The molecule has 4 rings (SSSR count). The third kappa shape index (κ3) is 4.11. The summed E-state index contributed by atoms with van der Waals surface area (Å²) in [7, 11) is 1.66. The number of benzene rings is 1. The number of hydrogen-bond acceptors (Lipinski definition) is 5. The highest BCUT2D eigenvalue weighted by molar-refractivity contribution is 6.00. The van der Waals surface area contributed by atoms with Gasteiger partial charge in [0.25, 0.3) is 0 Å². The third-order valence-electron chi connectivity index (χ3n) is 5.98. The summed E-state index contributed by atoms with van der Waals surface area (Å²) in [6.45, 7) is 1.44. The molecular formula is C22H24N4O5. The quantitative estimate of drug-likeness (QED) is 0.547. The first-order valence-corrected chi connectivity index (χ1v) is 10.3. The Morgan fingerprint density at radius 1 is 1.19 bits per heavy atom. The molecule has 9 nitrogen and oxygen atoms in total. The number of carbonyl (C=O) groups is 3. The van der Waals surface area contributed by atoms with Gasteiger partial charge in [0.1, 0.15) is 6.04 Å². The lowest BCUT2D eigenvalue weighted by atomic mass is 9.97. The molecule has 2 fully saturated rings. The van der Waals surface area contributed by atoms with Crippen molar-refractivity contribution in [3.8, 4) is 11.8 Å². The van der Waals surface area contributed by atoms with E-state index in [1.807, 2.05) is 17.0 Å². The molecule has 2 saturated heterocycles. The van der Waals surface area contributed by atoms with Crippen LogP contribution >= 0.6 is 0 Å². The average molecular weight is 424 g/mol. The van der Waals surface area contributed by atoms with Crippen LogP contribution < -0.4 is 11.0 Å². The van der Waals surface area contributed by atoms with Crippen LogP contribution in [0.4, 0.5) is 0 Å². The van der Waals surface area contributed by atoms with Crippen LogP contribution in [0.15, 0.2) is 23.0 Å². The van der Waals surface area contributed by atoms with Crippen LogP contribution in [0.25, 0.3) is 11.0 Å². The SMILES string of the molecule is Cn1c(=O)n(C2CCC(=O)NC2=O)c2cccc(C#CC3CCN(CC(=O)O)CC3)c21. The van der Waals surface area contributed by atoms with Gasteiger partial charge < -0.3 is 5.11 Å². The number of aromatic nitrogens is 2. The van der Waals surface area contributed by atoms with Gasteiger partial charge in [-0.3, -0.25) is 33.7 Å². The van der Waals surface area contributed by atoms with Crippen LogP contribution in [-0.2, 0) is 21.4 Å². The molecule has 31 heavy (non-hydrogen) atoms. The zero-order chi connectivity index (χ0) is 22.1. The van der Waals surface area contributed by atoms with E-state index in [1.165, 1.54) is 9.13 Å². The van der Waals surface area contributed by atoms with Gasteiger partial charge in [-0.25, -0.2) is 4.79 Å². The lowest BCUT2D eigenvalue weighted by Crippen LogP contribution is -2.44. The Bertz CT molecular complexity index is 1170. The molecule has 2 aliphatic heterocycles. The fourth-order valence-corrected chi connectivity index (χ4v) is 4.38. The van der Waals surface area contributed by atoms with Crippen molar-refractivity contribution in [1.29, 1.82) is 0 Å². The number of piperidine rings is 2. The van der Waals surface area contributed by atoms with E-state index in [0.717, 1.165) is 12.8 Å². The lowest BCUT2D eigenvalue weighted by Gasteiger charge is -2.28. The normalized spacial score (nSPS) is 20.4. The van der Waals surface area contributed by atoms with Gasteiger partial charge in [-0.2, -0.15) is 0 Å². The summed E-state index contributed by atoms with van der Waals surface area (Å²) >= 11 is 0. The van der Waals surface area contributed by atoms with Crippen LogP contribution in [0.2, 0.25) is 0 Å². The first-order valence-electron chi connectivity index (χ1n) is 10.3. The minimum absolute atomic E-state index is 0.0510. The number of hydrogen-bond donors (Lipinski definition) is 2. The maximum absolute atomic E-state index is 13.0. The summed E-state index contributed by atoms with van der Waals surface area (Å²) in [6, 6.07) is 4.72. The fraction of sp³-hybridized carbons (Fsp3) is 0.455. The Hall–Kier alpha value is -3.38. The predicted molar refractivity (Wildman–Crippen MR) is 112 cm³/mol. The van der Waals surface area contributed by atoms with Crippen molar-refractivity contribution in [2.75, 3.05) is 19.6 Å². The minimum Gasteiger partial charge on any atom is -0.480 e. The van der Waals surface area contributed by atoms with E-state index in [-0.39, 0.29) is 36.9 Å². The highest BCUT2D eigenvalue weighted by Crippen LogP contribution is 2.25. The number of imide groups is 1. The van der Waals surface area contributed by atoms with Crippen molar-refractivity contribution < 1.29 is 19.5 Å². The number of likely N-dealkylation sites (tertiary alicyclic amines) is 1. The molecule has 2 amide bonds. The van der Waals surface area contributed by atoms with Crippen molar-refractivity contribution in [3.05, 3.63) is 34.2 Å². The van der Waals surface area contributed by atoms with E-state index in [4.69, 9.17) is 5.11 Å². The van der Waals surface area contributed by atoms with Crippen molar-refractivity contribution >= 4 is 28.8 Å². The minimum atomic E-state index is -0.822. The number of aliphatic carboxylic acids is 1. The molecule has 2 aliphatic rings. The van der Waals surface area contributed by atoms with Gasteiger partial charge in [0.2, 0.25) is 11.8 Å². The zero-order valence-electron chi connectivity index (χ0n) is 17.3. The summed E-state index contributed by atoms with van der Waals surface area (Å²) in [4.78, 5) is 49.6. The van der Waals surface area contributed by atoms with Crippen molar-refractivity contribution in [2.24, 2.45) is 13.0 Å². The van der Waals surface area contributed by atoms with Crippen LogP contribution in [0.5, 0.6) is 0 Å². The van der Waals surface area contributed by atoms with E-state index in [1.54, 1.807) is 13.1 Å². The summed E-state index contributed by atoms with van der Waals surface area (Å²) in [5.74, 6) is 5.04. The number of nitrogens with zero attached hydrogens (tertiary/aromatic N) is 3. The number of aryl methyl sites for hydroxylation is 1. The van der Waals surface area contributed by atoms with Crippen molar-refractivity contribution in [3.63, 3.8) is 0 Å². The van der Waals surface area contributed by atoms with Gasteiger partial charge in [0, 0.05) is 19.4 Å². The molecule has 1 unspecified atom stereocenters. The molecule has 0 radical (unpaired) electrons. The molecule has 1 atom stereocenters. The molecule has 3 heterocycles. The number of carboxylic acids is 1. The fourth-order valence-electron chi connectivity index (χ4n) is 4.38. The molecule has 0 spiro atoms. The standard InChI is InChI=1S/C22H24N4O5/c1-24-20-15(6-5-14-9-11-25(12-10-14)13-19(28)29)3-2-4-16(20)26(22(24)31)17-7-8-18(27)23-21(17)30/h2-4,14,17H,7-13H2,1H3,(H,28,29)(H,23,27,30). The largest absolute Gasteiger partial charge is 0.480 e.